The highest BCUT2D eigenvalue weighted by atomic mass is 15.0. The van der Waals surface area contributed by atoms with Crippen LogP contribution >= 0.6 is 0 Å². The van der Waals surface area contributed by atoms with Crippen LogP contribution in [-0.4, -0.2) is 25.7 Å². The number of hydrogen-bond acceptors (Lipinski definition) is 2. The van der Waals surface area contributed by atoms with Gasteiger partial charge < -0.3 is 10.6 Å². The third kappa shape index (κ3) is 3.46. The van der Waals surface area contributed by atoms with E-state index in [0.717, 1.165) is 12.0 Å². The molecule has 1 saturated heterocycles. The molecular weight excluding hydrogens is 184 g/mol. The Morgan fingerprint density at radius 2 is 2.20 bits per heavy atom. The lowest BCUT2D eigenvalue weighted by Crippen LogP contribution is -2.30. The monoisotopic (exact) mass is 210 g/mol. The molecule has 0 amide bonds. The molecule has 0 aromatic rings. The van der Waals surface area contributed by atoms with Gasteiger partial charge in [-0.1, -0.05) is 13.8 Å². The summed E-state index contributed by atoms with van der Waals surface area (Å²) in [7, 11) is 0. The summed E-state index contributed by atoms with van der Waals surface area (Å²) in [5, 5.41) is 7.16. The predicted octanol–water partition coefficient (Wildman–Crippen LogP) is 2.15. The second-order valence-corrected chi connectivity index (χ2v) is 6.05. The maximum Gasteiger partial charge on any atom is 0.0124 e. The molecule has 88 valence electrons. The molecule has 2 atom stereocenters. The Bertz CT molecular complexity index is 195. The summed E-state index contributed by atoms with van der Waals surface area (Å²) >= 11 is 0. The van der Waals surface area contributed by atoms with Gasteiger partial charge in [0.2, 0.25) is 0 Å². The van der Waals surface area contributed by atoms with Crippen LogP contribution < -0.4 is 10.6 Å². The summed E-state index contributed by atoms with van der Waals surface area (Å²) in [5.74, 6) is 0.952. The molecule has 0 aromatic carbocycles. The van der Waals surface area contributed by atoms with Gasteiger partial charge in [-0.2, -0.15) is 0 Å². The molecule has 0 aromatic heterocycles. The average Bonchev–Trinajstić information content (AvgIpc) is 2.83. The Hall–Kier alpha value is -0.0800. The van der Waals surface area contributed by atoms with Crippen LogP contribution in [0, 0.1) is 11.3 Å². The molecule has 15 heavy (non-hydrogen) atoms. The molecule has 1 aliphatic heterocycles. The SMILES string of the molecule is CC1(C)CC1NCCCC1CCCNC1. The molecule has 1 aliphatic carbocycles. The van der Waals surface area contributed by atoms with Crippen LogP contribution in [0.1, 0.15) is 46.0 Å². The first-order valence-electron chi connectivity index (χ1n) is 6.62. The van der Waals surface area contributed by atoms with Gasteiger partial charge in [0.05, 0.1) is 0 Å². The summed E-state index contributed by atoms with van der Waals surface area (Å²) in [6.07, 6.45) is 6.97. The van der Waals surface area contributed by atoms with Crippen molar-refractivity contribution in [3.8, 4) is 0 Å². The van der Waals surface area contributed by atoms with Crippen molar-refractivity contribution in [2.24, 2.45) is 11.3 Å². The van der Waals surface area contributed by atoms with Crippen LogP contribution in [0.25, 0.3) is 0 Å². The Morgan fingerprint density at radius 1 is 1.40 bits per heavy atom. The highest BCUT2D eigenvalue weighted by Gasteiger charge is 2.44. The molecule has 2 aliphatic rings. The van der Waals surface area contributed by atoms with E-state index in [1.54, 1.807) is 0 Å². The normalized spacial score (nSPS) is 34.0. The summed E-state index contributed by atoms with van der Waals surface area (Å²) < 4.78 is 0. The Balaban J connectivity index is 1.48. The minimum Gasteiger partial charge on any atom is -0.316 e. The molecule has 0 spiro atoms. The van der Waals surface area contributed by atoms with Crippen LogP contribution in [0.15, 0.2) is 0 Å². The summed E-state index contributed by atoms with van der Waals surface area (Å²) in [6.45, 7) is 8.44. The summed E-state index contributed by atoms with van der Waals surface area (Å²) in [5.41, 5.74) is 0.590. The van der Waals surface area contributed by atoms with E-state index in [0.29, 0.717) is 5.41 Å². The number of nitrogens with one attached hydrogen (secondary N) is 2. The van der Waals surface area contributed by atoms with Gasteiger partial charge in [0.1, 0.15) is 0 Å². The van der Waals surface area contributed by atoms with Crippen molar-refractivity contribution in [2.75, 3.05) is 19.6 Å². The molecule has 0 radical (unpaired) electrons. The molecule has 2 nitrogen and oxygen atoms in total. The van der Waals surface area contributed by atoms with E-state index in [1.807, 2.05) is 0 Å². The molecule has 1 saturated carbocycles. The van der Waals surface area contributed by atoms with Crippen molar-refractivity contribution >= 4 is 0 Å². The molecule has 0 bridgehead atoms. The zero-order chi connectivity index (χ0) is 10.7. The molecular formula is C13H26N2. The first-order valence-corrected chi connectivity index (χ1v) is 6.62. The standard InChI is InChI=1S/C13H26N2/c1-13(2)9-12(13)15-8-4-6-11-5-3-7-14-10-11/h11-12,14-15H,3-10H2,1-2H3. The lowest BCUT2D eigenvalue weighted by atomic mass is 9.95. The summed E-state index contributed by atoms with van der Waals surface area (Å²) in [4.78, 5) is 0. The quantitative estimate of drug-likeness (QED) is 0.680. The average molecular weight is 210 g/mol. The molecule has 2 N–H and O–H groups in total. The predicted molar refractivity (Wildman–Crippen MR) is 65.0 cm³/mol. The van der Waals surface area contributed by atoms with Gasteiger partial charge in [-0.3, -0.25) is 0 Å². The van der Waals surface area contributed by atoms with E-state index in [9.17, 15) is 0 Å². The first-order chi connectivity index (χ1) is 7.18. The molecule has 2 rings (SSSR count). The number of piperidine rings is 1. The van der Waals surface area contributed by atoms with Gasteiger partial charge >= 0.3 is 0 Å². The van der Waals surface area contributed by atoms with E-state index >= 15 is 0 Å². The van der Waals surface area contributed by atoms with Crippen LogP contribution in [0.2, 0.25) is 0 Å². The van der Waals surface area contributed by atoms with Gasteiger partial charge in [-0.15, -0.1) is 0 Å². The Labute approximate surface area is 94.2 Å². The van der Waals surface area contributed by atoms with E-state index in [-0.39, 0.29) is 0 Å². The van der Waals surface area contributed by atoms with Crippen LogP contribution in [0.4, 0.5) is 0 Å². The Kier molecular flexibility index (Phi) is 3.68. The fourth-order valence-corrected chi connectivity index (χ4v) is 2.65. The number of hydrogen-bond donors (Lipinski definition) is 2. The van der Waals surface area contributed by atoms with Crippen molar-refractivity contribution in [3.63, 3.8) is 0 Å². The van der Waals surface area contributed by atoms with Crippen molar-refractivity contribution < 1.29 is 0 Å². The number of rotatable bonds is 5. The van der Waals surface area contributed by atoms with Gasteiger partial charge in [0, 0.05) is 6.04 Å². The first kappa shape index (κ1) is 11.4. The highest BCUT2D eigenvalue weighted by molar-refractivity contribution is 5.01. The van der Waals surface area contributed by atoms with Crippen molar-refractivity contribution in [1.82, 2.24) is 10.6 Å². The zero-order valence-electron chi connectivity index (χ0n) is 10.3. The molecule has 2 heteroatoms. The second-order valence-electron chi connectivity index (χ2n) is 6.05. The minimum absolute atomic E-state index is 0.590. The fourth-order valence-electron chi connectivity index (χ4n) is 2.65. The van der Waals surface area contributed by atoms with Crippen molar-refractivity contribution in [1.29, 1.82) is 0 Å². The van der Waals surface area contributed by atoms with Crippen molar-refractivity contribution in [3.05, 3.63) is 0 Å². The van der Waals surface area contributed by atoms with Gasteiger partial charge in [0.15, 0.2) is 0 Å². The second kappa shape index (κ2) is 4.84. The van der Waals surface area contributed by atoms with Crippen LogP contribution in [0.5, 0.6) is 0 Å². The Morgan fingerprint density at radius 3 is 2.80 bits per heavy atom. The lowest BCUT2D eigenvalue weighted by Gasteiger charge is -2.22. The maximum atomic E-state index is 3.67. The lowest BCUT2D eigenvalue weighted by molar-refractivity contribution is 0.347. The van der Waals surface area contributed by atoms with Crippen molar-refractivity contribution in [2.45, 2.75) is 52.0 Å². The topological polar surface area (TPSA) is 24.1 Å². The van der Waals surface area contributed by atoms with E-state index in [4.69, 9.17) is 0 Å². The largest absolute Gasteiger partial charge is 0.316 e. The van der Waals surface area contributed by atoms with Crippen LogP contribution in [-0.2, 0) is 0 Å². The zero-order valence-corrected chi connectivity index (χ0v) is 10.3. The van der Waals surface area contributed by atoms with E-state index in [1.165, 1.54) is 51.7 Å². The van der Waals surface area contributed by atoms with Crippen LogP contribution in [0.3, 0.4) is 0 Å². The maximum absolute atomic E-state index is 3.67. The van der Waals surface area contributed by atoms with Gasteiger partial charge in [-0.05, 0) is 63.1 Å². The van der Waals surface area contributed by atoms with E-state index in [2.05, 4.69) is 24.5 Å². The molecule has 2 fully saturated rings. The fraction of sp³-hybridized carbons (Fsp3) is 1.00. The third-order valence-corrected chi connectivity index (χ3v) is 4.09. The van der Waals surface area contributed by atoms with Gasteiger partial charge in [-0.25, -0.2) is 0 Å². The minimum atomic E-state index is 0.590. The molecule has 1 heterocycles. The molecule has 2 unspecified atom stereocenters. The third-order valence-electron chi connectivity index (χ3n) is 4.09. The van der Waals surface area contributed by atoms with Gasteiger partial charge in [0.25, 0.3) is 0 Å². The van der Waals surface area contributed by atoms with E-state index < -0.39 is 0 Å². The smallest absolute Gasteiger partial charge is 0.0124 e. The highest BCUT2D eigenvalue weighted by Crippen LogP contribution is 2.44. The summed E-state index contributed by atoms with van der Waals surface area (Å²) in [6, 6.07) is 0.807.